The van der Waals surface area contributed by atoms with Gasteiger partial charge in [-0.1, -0.05) is 32.0 Å². The van der Waals surface area contributed by atoms with Gasteiger partial charge in [0.2, 0.25) is 5.95 Å². The number of nitrogens with two attached hydrogens (primary N) is 1. The number of rotatable bonds is 2. The highest BCUT2D eigenvalue weighted by Gasteiger charge is 2.31. The van der Waals surface area contributed by atoms with Crippen LogP contribution in [0.3, 0.4) is 0 Å². The monoisotopic (exact) mass is 268 g/mol. The zero-order chi connectivity index (χ0) is 14.2. The van der Waals surface area contributed by atoms with Gasteiger partial charge in [-0.15, -0.1) is 0 Å². The molecular formula is C16H20N4. The molecule has 0 saturated heterocycles. The molecule has 2 aromatic rings. The number of para-hydroxylation sites is 1. The first kappa shape index (κ1) is 12.9. The SMILES string of the molecule is CC1(C)CCCc2nc(Nc3ccccc3)nc(N)c21. The van der Waals surface area contributed by atoms with E-state index in [0.29, 0.717) is 11.8 Å². The van der Waals surface area contributed by atoms with Crippen LogP contribution in [0.15, 0.2) is 30.3 Å². The average molecular weight is 268 g/mol. The van der Waals surface area contributed by atoms with Crippen molar-refractivity contribution in [3.05, 3.63) is 41.6 Å². The van der Waals surface area contributed by atoms with Gasteiger partial charge in [0.1, 0.15) is 5.82 Å². The fourth-order valence-corrected chi connectivity index (χ4v) is 2.97. The Morgan fingerprint density at radius 1 is 1.15 bits per heavy atom. The number of aryl methyl sites for hydroxylation is 1. The third kappa shape index (κ3) is 2.33. The highest BCUT2D eigenvalue weighted by molar-refractivity contribution is 5.58. The highest BCUT2D eigenvalue weighted by atomic mass is 15.1. The zero-order valence-electron chi connectivity index (χ0n) is 12.0. The van der Waals surface area contributed by atoms with E-state index in [2.05, 4.69) is 29.1 Å². The van der Waals surface area contributed by atoms with Gasteiger partial charge >= 0.3 is 0 Å². The molecule has 1 aromatic heterocycles. The third-order valence-electron chi connectivity index (χ3n) is 3.93. The standard InChI is InChI=1S/C16H20N4/c1-16(2)10-6-9-12-13(16)14(17)20-15(19-12)18-11-7-4-3-5-8-11/h3-5,7-8H,6,9-10H2,1-2H3,(H3,17,18,19,20). The molecule has 1 aromatic carbocycles. The molecule has 0 fully saturated rings. The largest absolute Gasteiger partial charge is 0.383 e. The summed E-state index contributed by atoms with van der Waals surface area (Å²) in [5, 5.41) is 3.22. The molecule has 1 aliphatic rings. The maximum atomic E-state index is 6.18. The molecule has 0 unspecified atom stereocenters. The minimum atomic E-state index is 0.0724. The van der Waals surface area contributed by atoms with Crippen molar-refractivity contribution in [3.63, 3.8) is 0 Å². The van der Waals surface area contributed by atoms with Crippen LogP contribution in [0.4, 0.5) is 17.5 Å². The van der Waals surface area contributed by atoms with Crippen molar-refractivity contribution in [1.82, 2.24) is 9.97 Å². The lowest BCUT2D eigenvalue weighted by atomic mass is 9.74. The van der Waals surface area contributed by atoms with Crippen molar-refractivity contribution in [2.75, 3.05) is 11.1 Å². The van der Waals surface area contributed by atoms with Crippen LogP contribution in [0.5, 0.6) is 0 Å². The van der Waals surface area contributed by atoms with E-state index in [0.717, 1.165) is 36.2 Å². The molecule has 104 valence electrons. The second kappa shape index (κ2) is 4.78. The average Bonchev–Trinajstić information content (AvgIpc) is 2.38. The number of aromatic nitrogens is 2. The molecule has 3 N–H and O–H groups in total. The number of benzene rings is 1. The lowest BCUT2D eigenvalue weighted by Gasteiger charge is -2.32. The first-order chi connectivity index (χ1) is 9.56. The predicted molar refractivity (Wildman–Crippen MR) is 82.1 cm³/mol. The Morgan fingerprint density at radius 3 is 2.65 bits per heavy atom. The minimum Gasteiger partial charge on any atom is -0.383 e. The van der Waals surface area contributed by atoms with Crippen molar-refractivity contribution in [3.8, 4) is 0 Å². The molecule has 0 spiro atoms. The molecule has 0 radical (unpaired) electrons. The summed E-state index contributed by atoms with van der Waals surface area (Å²) in [6.45, 7) is 4.43. The van der Waals surface area contributed by atoms with Gasteiger partial charge in [0.05, 0.1) is 5.69 Å². The summed E-state index contributed by atoms with van der Waals surface area (Å²) in [5.74, 6) is 1.20. The van der Waals surface area contributed by atoms with E-state index in [9.17, 15) is 0 Å². The number of fused-ring (bicyclic) bond motifs is 1. The molecule has 3 rings (SSSR count). The zero-order valence-corrected chi connectivity index (χ0v) is 12.0. The number of hydrogen-bond acceptors (Lipinski definition) is 4. The Balaban J connectivity index is 1.98. The quantitative estimate of drug-likeness (QED) is 0.876. The van der Waals surface area contributed by atoms with Crippen LogP contribution >= 0.6 is 0 Å². The summed E-state index contributed by atoms with van der Waals surface area (Å²) < 4.78 is 0. The van der Waals surface area contributed by atoms with Crippen molar-refractivity contribution >= 4 is 17.5 Å². The van der Waals surface area contributed by atoms with E-state index in [-0.39, 0.29) is 5.41 Å². The summed E-state index contributed by atoms with van der Waals surface area (Å²) in [6.07, 6.45) is 3.27. The van der Waals surface area contributed by atoms with Crippen LogP contribution in [0, 0.1) is 0 Å². The van der Waals surface area contributed by atoms with Gasteiger partial charge in [-0.25, -0.2) is 4.98 Å². The lowest BCUT2D eigenvalue weighted by Crippen LogP contribution is -2.27. The van der Waals surface area contributed by atoms with Gasteiger partial charge < -0.3 is 11.1 Å². The molecular weight excluding hydrogens is 248 g/mol. The number of hydrogen-bond donors (Lipinski definition) is 2. The van der Waals surface area contributed by atoms with Crippen molar-refractivity contribution < 1.29 is 0 Å². The normalized spacial score (nSPS) is 16.5. The molecule has 0 bridgehead atoms. The van der Waals surface area contributed by atoms with E-state index in [1.807, 2.05) is 30.3 Å². The summed E-state index contributed by atoms with van der Waals surface area (Å²) in [6, 6.07) is 9.92. The van der Waals surface area contributed by atoms with Crippen LogP contribution < -0.4 is 11.1 Å². The summed E-state index contributed by atoms with van der Waals surface area (Å²) >= 11 is 0. The van der Waals surface area contributed by atoms with Crippen molar-refractivity contribution in [2.45, 2.75) is 38.5 Å². The maximum Gasteiger partial charge on any atom is 0.229 e. The van der Waals surface area contributed by atoms with Gasteiger partial charge in [-0.3, -0.25) is 0 Å². The van der Waals surface area contributed by atoms with Gasteiger partial charge in [-0.05, 0) is 36.8 Å². The molecule has 0 saturated carbocycles. The highest BCUT2D eigenvalue weighted by Crippen LogP contribution is 2.39. The second-order valence-electron chi connectivity index (χ2n) is 5.98. The number of nitrogens with one attached hydrogen (secondary N) is 1. The van der Waals surface area contributed by atoms with Gasteiger partial charge in [0.25, 0.3) is 0 Å². The van der Waals surface area contributed by atoms with Gasteiger partial charge in [-0.2, -0.15) is 4.98 Å². The molecule has 4 heteroatoms. The van der Waals surface area contributed by atoms with Gasteiger partial charge in [0.15, 0.2) is 0 Å². The molecule has 0 amide bonds. The molecule has 4 nitrogen and oxygen atoms in total. The molecule has 1 heterocycles. The number of nitrogen functional groups attached to an aromatic ring is 1. The molecule has 0 atom stereocenters. The van der Waals surface area contributed by atoms with Crippen LogP contribution in [-0.4, -0.2) is 9.97 Å². The second-order valence-corrected chi connectivity index (χ2v) is 5.98. The van der Waals surface area contributed by atoms with Crippen LogP contribution in [0.2, 0.25) is 0 Å². The number of anilines is 3. The van der Waals surface area contributed by atoms with E-state index >= 15 is 0 Å². The first-order valence-electron chi connectivity index (χ1n) is 7.05. The Labute approximate surface area is 119 Å². The Hall–Kier alpha value is -2.10. The minimum absolute atomic E-state index is 0.0724. The van der Waals surface area contributed by atoms with Crippen LogP contribution in [0.25, 0.3) is 0 Å². The van der Waals surface area contributed by atoms with E-state index < -0.39 is 0 Å². The van der Waals surface area contributed by atoms with E-state index in [1.165, 1.54) is 0 Å². The fourth-order valence-electron chi connectivity index (χ4n) is 2.97. The van der Waals surface area contributed by atoms with Crippen molar-refractivity contribution in [1.29, 1.82) is 0 Å². The maximum absolute atomic E-state index is 6.18. The smallest absolute Gasteiger partial charge is 0.229 e. The summed E-state index contributed by atoms with van der Waals surface area (Å²) in [7, 11) is 0. The lowest BCUT2D eigenvalue weighted by molar-refractivity contribution is 0.426. The summed E-state index contributed by atoms with van der Waals surface area (Å²) in [5.41, 5.74) is 9.44. The van der Waals surface area contributed by atoms with Gasteiger partial charge in [0, 0.05) is 11.3 Å². The third-order valence-corrected chi connectivity index (χ3v) is 3.93. The number of nitrogens with zero attached hydrogens (tertiary/aromatic N) is 2. The topological polar surface area (TPSA) is 63.8 Å². The molecule has 0 aliphatic heterocycles. The fraction of sp³-hybridized carbons (Fsp3) is 0.375. The Morgan fingerprint density at radius 2 is 1.90 bits per heavy atom. The Bertz CT molecular complexity index is 620. The predicted octanol–water partition coefficient (Wildman–Crippen LogP) is 3.42. The molecule has 20 heavy (non-hydrogen) atoms. The Kier molecular flexibility index (Phi) is 3.08. The first-order valence-corrected chi connectivity index (χ1v) is 7.05. The summed E-state index contributed by atoms with van der Waals surface area (Å²) in [4.78, 5) is 9.10. The molecule has 1 aliphatic carbocycles. The van der Waals surface area contributed by atoms with Crippen LogP contribution in [-0.2, 0) is 11.8 Å². The van der Waals surface area contributed by atoms with Crippen LogP contribution in [0.1, 0.15) is 37.9 Å². The van der Waals surface area contributed by atoms with Crippen molar-refractivity contribution in [2.24, 2.45) is 0 Å². The van der Waals surface area contributed by atoms with E-state index in [1.54, 1.807) is 0 Å². The van der Waals surface area contributed by atoms with E-state index in [4.69, 9.17) is 5.73 Å².